The third kappa shape index (κ3) is 2.82. The summed E-state index contributed by atoms with van der Waals surface area (Å²) in [7, 11) is 0. The summed E-state index contributed by atoms with van der Waals surface area (Å²) in [6.07, 6.45) is 0. The van der Waals surface area contributed by atoms with Crippen molar-refractivity contribution < 1.29 is 5.21 Å². The lowest BCUT2D eigenvalue weighted by Crippen LogP contribution is -2.09. The highest BCUT2D eigenvalue weighted by atomic mass is 16.4. The van der Waals surface area contributed by atoms with Crippen molar-refractivity contribution in [3.05, 3.63) is 35.4 Å². The van der Waals surface area contributed by atoms with Gasteiger partial charge in [0, 0.05) is 0 Å². The molecule has 0 aromatic heterocycles. The number of rotatable bonds is 3. The van der Waals surface area contributed by atoms with Crippen LogP contribution in [0.4, 0.5) is 0 Å². The van der Waals surface area contributed by atoms with E-state index < -0.39 is 0 Å². The molecule has 1 rings (SSSR count). The minimum atomic E-state index is 0.236. The molecule has 0 fully saturated rings. The van der Waals surface area contributed by atoms with Gasteiger partial charge in [-0.15, -0.1) is 0 Å². The lowest BCUT2D eigenvalue weighted by molar-refractivity contribution is 0.316. The molecule has 0 saturated carbocycles. The van der Waals surface area contributed by atoms with E-state index in [0.29, 0.717) is 5.92 Å². The molecular formula is C13H19NO. The zero-order valence-corrected chi connectivity index (χ0v) is 9.86. The SMILES string of the molecule is CC(C)/C(=N/O)c1ccc(C(C)C)cc1. The molecule has 0 atom stereocenters. The second-order valence-electron chi connectivity index (χ2n) is 4.42. The fourth-order valence-corrected chi connectivity index (χ4v) is 1.55. The van der Waals surface area contributed by atoms with Crippen LogP contribution in [0.15, 0.2) is 29.4 Å². The predicted octanol–water partition coefficient (Wildman–Crippen LogP) is 3.64. The van der Waals surface area contributed by atoms with Crippen molar-refractivity contribution in [1.82, 2.24) is 0 Å². The molecule has 0 spiro atoms. The molecule has 2 nitrogen and oxygen atoms in total. The molecule has 1 aromatic rings. The maximum atomic E-state index is 8.92. The maximum absolute atomic E-state index is 8.92. The van der Waals surface area contributed by atoms with Crippen molar-refractivity contribution in [2.75, 3.05) is 0 Å². The van der Waals surface area contributed by atoms with Crippen LogP contribution in [0.3, 0.4) is 0 Å². The Hall–Kier alpha value is -1.31. The highest BCUT2D eigenvalue weighted by Crippen LogP contribution is 2.16. The number of hydrogen-bond donors (Lipinski definition) is 1. The summed E-state index contributed by atoms with van der Waals surface area (Å²) in [5, 5.41) is 12.3. The minimum absolute atomic E-state index is 0.236. The minimum Gasteiger partial charge on any atom is -0.411 e. The molecule has 0 radical (unpaired) electrons. The van der Waals surface area contributed by atoms with Crippen LogP contribution in [0.25, 0.3) is 0 Å². The summed E-state index contributed by atoms with van der Waals surface area (Å²) in [4.78, 5) is 0. The van der Waals surface area contributed by atoms with E-state index in [9.17, 15) is 0 Å². The maximum Gasteiger partial charge on any atom is 0.0893 e. The van der Waals surface area contributed by atoms with Gasteiger partial charge >= 0.3 is 0 Å². The second-order valence-corrected chi connectivity index (χ2v) is 4.42. The molecule has 0 saturated heterocycles. The highest BCUT2D eigenvalue weighted by molar-refractivity contribution is 6.01. The van der Waals surface area contributed by atoms with Crippen molar-refractivity contribution in [3.63, 3.8) is 0 Å². The standard InChI is InChI=1S/C13H19NO/c1-9(2)11-5-7-12(8-6-11)13(14-15)10(3)4/h5-10,15H,1-4H3/b14-13-. The van der Waals surface area contributed by atoms with Gasteiger partial charge in [0.15, 0.2) is 0 Å². The van der Waals surface area contributed by atoms with E-state index in [-0.39, 0.29) is 5.92 Å². The molecule has 0 heterocycles. The third-order valence-electron chi connectivity index (χ3n) is 2.53. The summed E-state index contributed by atoms with van der Waals surface area (Å²) in [5.41, 5.74) is 3.04. The first-order valence-corrected chi connectivity index (χ1v) is 5.38. The van der Waals surface area contributed by atoms with Crippen LogP contribution in [0.5, 0.6) is 0 Å². The Bertz CT molecular complexity index is 336. The van der Waals surface area contributed by atoms with E-state index in [4.69, 9.17) is 5.21 Å². The van der Waals surface area contributed by atoms with Gasteiger partial charge in [-0.1, -0.05) is 57.1 Å². The van der Waals surface area contributed by atoms with Crippen LogP contribution >= 0.6 is 0 Å². The van der Waals surface area contributed by atoms with Crippen LogP contribution in [0.2, 0.25) is 0 Å². The van der Waals surface area contributed by atoms with Gasteiger partial charge in [-0.05, 0) is 23.0 Å². The van der Waals surface area contributed by atoms with Crippen molar-refractivity contribution in [2.24, 2.45) is 11.1 Å². The monoisotopic (exact) mass is 205 g/mol. The lowest BCUT2D eigenvalue weighted by atomic mass is 9.96. The van der Waals surface area contributed by atoms with E-state index in [2.05, 4.69) is 31.1 Å². The number of oxime groups is 1. The Balaban J connectivity index is 2.98. The van der Waals surface area contributed by atoms with E-state index >= 15 is 0 Å². The average molecular weight is 205 g/mol. The number of nitrogens with zero attached hydrogens (tertiary/aromatic N) is 1. The summed E-state index contributed by atoms with van der Waals surface area (Å²) >= 11 is 0. The van der Waals surface area contributed by atoms with Gasteiger partial charge < -0.3 is 5.21 Å². The van der Waals surface area contributed by atoms with Gasteiger partial charge in [0.25, 0.3) is 0 Å². The van der Waals surface area contributed by atoms with Crippen LogP contribution in [0.1, 0.15) is 44.7 Å². The number of hydrogen-bond acceptors (Lipinski definition) is 2. The van der Waals surface area contributed by atoms with E-state index in [1.807, 2.05) is 26.0 Å². The molecule has 0 aliphatic carbocycles. The van der Waals surface area contributed by atoms with Gasteiger partial charge in [-0.3, -0.25) is 0 Å². The summed E-state index contributed by atoms with van der Waals surface area (Å²) in [6.45, 7) is 8.37. The Morgan fingerprint density at radius 1 is 1.07 bits per heavy atom. The first kappa shape index (κ1) is 11.8. The number of benzene rings is 1. The van der Waals surface area contributed by atoms with Crippen molar-refractivity contribution in [1.29, 1.82) is 0 Å². The molecule has 15 heavy (non-hydrogen) atoms. The van der Waals surface area contributed by atoms with E-state index in [0.717, 1.165) is 11.3 Å². The fourth-order valence-electron chi connectivity index (χ4n) is 1.55. The van der Waals surface area contributed by atoms with E-state index in [1.165, 1.54) is 5.56 Å². The molecule has 0 aliphatic rings. The molecule has 0 bridgehead atoms. The lowest BCUT2D eigenvalue weighted by Gasteiger charge is -2.10. The normalized spacial score (nSPS) is 12.5. The fraction of sp³-hybridized carbons (Fsp3) is 0.462. The second kappa shape index (κ2) is 4.96. The molecule has 82 valence electrons. The first-order valence-electron chi connectivity index (χ1n) is 5.38. The quantitative estimate of drug-likeness (QED) is 0.456. The molecule has 0 unspecified atom stereocenters. The van der Waals surface area contributed by atoms with Gasteiger partial charge in [0.05, 0.1) is 5.71 Å². The van der Waals surface area contributed by atoms with Gasteiger partial charge in [-0.25, -0.2) is 0 Å². The Morgan fingerprint density at radius 3 is 1.93 bits per heavy atom. The van der Waals surface area contributed by atoms with Crippen LogP contribution in [0, 0.1) is 5.92 Å². The highest BCUT2D eigenvalue weighted by Gasteiger charge is 2.09. The average Bonchev–Trinajstić information content (AvgIpc) is 2.19. The van der Waals surface area contributed by atoms with Gasteiger partial charge in [0.1, 0.15) is 0 Å². The van der Waals surface area contributed by atoms with Crippen molar-refractivity contribution >= 4 is 5.71 Å². The van der Waals surface area contributed by atoms with Crippen LogP contribution in [-0.4, -0.2) is 10.9 Å². The van der Waals surface area contributed by atoms with Crippen LogP contribution in [-0.2, 0) is 0 Å². The Labute approximate surface area is 91.6 Å². The summed E-state index contributed by atoms with van der Waals surface area (Å²) < 4.78 is 0. The zero-order chi connectivity index (χ0) is 11.4. The molecule has 1 aromatic carbocycles. The van der Waals surface area contributed by atoms with Crippen molar-refractivity contribution in [3.8, 4) is 0 Å². The largest absolute Gasteiger partial charge is 0.411 e. The molecule has 1 N–H and O–H groups in total. The molecule has 2 heteroatoms. The van der Waals surface area contributed by atoms with E-state index in [1.54, 1.807) is 0 Å². The third-order valence-corrected chi connectivity index (χ3v) is 2.53. The van der Waals surface area contributed by atoms with Gasteiger partial charge in [-0.2, -0.15) is 0 Å². The van der Waals surface area contributed by atoms with Gasteiger partial charge in [0.2, 0.25) is 0 Å². The smallest absolute Gasteiger partial charge is 0.0893 e. The molecule has 0 aliphatic heterocycles. The molecule has 0 amide bonds. The predicted molar refractivity (Wildman–Crippen MR) is 63.7 cm³/mol. The Kier molecular flexibility index (Phi) is 3.89. The zero-order valence-electron chi connectivity index (χ0n) is 9.86. The Morgan fingerprint density at radius 2 is 1.60 bits per heavy atom. The first-order chi connectivity index (χ1) is 7.06. The summed E-state index contributed by atoms with van der Waals surface area (Å²) in [5.74, 6) is 0.771. The van der Waals surface area contributed by atoms with Crippen molar-refractivity contribution in [2.45, 2.75) is 33.6 Å². The summed E-state index contributed by atoms with van der Waals surface area (Å²) in [6, 6.07) is 8.22. The molecular weight excluding hydrogens is 186 g/mol. The topological polar surface area (TPSA) is 32.6 Å². The van der Waals surface area contributed by atoms with Crippen LogP contribution < -0.4 is 0 Å².